The summed E-state index contributed by atoms with van der Waals surface area (Å²) in [6.45, 7) is 1.87. The summed E-state index contributed by atoms with van der Waals surface area (Å²) in [5.41, 5.74) is 0.913. The molecule has 3 rings (SSSR count). The van der Waals surface area contributed by atoms with Crippen LogP contribution in [0.25, 0.3) is 10.9 Å². The molecule has 0 atom stereocenters. The van der Waals surface area contributed by atoms with Gasteiger partial charge in [-0.25, -0.2) is 15.0 Å². The van der Waals surface area contributed by atoms with Gasteiger partial charge in [-0.1, -0.05) is 12.1 Å². The SMILES string of the molecule is COc1ccc(Nc2nc(C)nc3ccccc23)nc1. The molecule has 0 saturated heterocycles. The lowest BCUT2D eigenvalue weighted by atomic mass is 10.2. The molecule has 0 aliphatic heterocycles. The maximum Gasteiger partial charge on any atom is 0.143 e. The Hall–Kier alpha value is -2.69. The second-order valence-electron chi connectivity index (χ2n) is 4.34. The number of pyridine rings is 1. The van der Waals surface area contributed by atoms with E-state index in [0.29, 0.717) is 5.82 Å². The second kappa shape index (κ2) is 5.13. The summed E-state index contributed by atoms with van der Waals surface area (Å²) in [7, 11) is 1.62. The number of benzene rings is 1. The highest BCUT2D eigenvalue weighted by Crippen LogP contribution is 2.23. The number of hydrogen-bond donors (Lipinski definition) is 1. The van der Waals surface area contributed by atoms with Gasteiger partial charge in [0.1, 0.15) is 23.2 Å². The summed E-state index contributed by atoms with van der Waals surface area (Å²) in [5.74, 6) is 2.92. The van der Waals surface area contributed by atoms with Gasteiger partial charge in [-0.05, 0) is 31.2 Å². The molecule has 1 aromatic carbocycles. The Morgan fingerprint density at radius 2 is 1.90 bits per heavy atom. The van der Waals surface area contributed by atoms with Crippen LogP contribution in [0.3, 0.4) is 0 Å². The van der Waals surface area contributed by atoms with Crippen molar-refractivity contribution in [2.24, 2.45) is 0 Å². The summed E-state index contributed by atoms with van der Waals surface area (Å²) >= 11 is 0. The lowest BCUT2D eigenvalue weighted by Crippen LogP contribution is -2.00. The van der Waals surface area contributed by atoms with Gasteiger partial charge in [0, 0.05) is 5.39 Å². The Labute approximate surface area is 116 Å². The number of ether oxygens (including phenoxy) is 1. The topological polar surface area (TPSA) is 59.9 Å². The zero-order valence-electron chi connectivity index (χ0n) is 11.3. The standard InChI is InChI=1S/C15H14N4O/c1-10-17-13-6-4-3-5-12(13)15(18-10)19-14-8-7-11(20-2)9-16-14/h3-9H,1-2H3,(H,16,17,18,19). The molecule has 0 spiro atoms. The molecular formula is C15H14N4O. The molecule has 1 N–H and O–H groups in total. The van der Waals surface area contributed by atoms with Gasteiger partial charge in [0.15, 0.2) is 0 Å². The molecule has 5 nitrogen and oxygen atoms in total. The van der Waals surface area contributed by atoms with Crippen LogP contribution in [0.15, 0.2) is 42.6 Å². The van der Waals surface area contributed by atoms with Gasteiger partial charge in [0.05, 0.1) is 18.8 Å². The highest BCUT2D eigenvalue weighted by Gasteiger charge is 2.06. The fourth-order valence-corrected chi connectivity index (χ4v) is 1.98. The Bertz CT molecular complexity index is 740. The van der Waals surface area contributed by atoms with Gasteiger partial charge in [-0.3, -0.25) is 0 Å². The molecule has 2 aromatic heterocycles. The van der Waals surface area contributed by atoms with Crippen LogP contribution in [-0.4, -0.2) is 22.1 Å². The highest BCUT2D eigenvalue weighted by molar-refractivity contribution is 5.90. The molecule has 0 fully saturated rings. The average Bonchev–Trinajstić information content (AvgIpc) is 2.48. The number of methoxy groups -OCH3 is 1. The predicted octanol–water partition coefficient (Wildman–Crippen LogP) is 3.09. The summed E-state index contributed by atoms with van der Waals surface area (Å²) < 4.78 is 5.09. The van der Waals surface area contributed by atoms with E-state index >= 15 is 0 Å². The minimum absolute atomic E-state index is 0.717. The maximum atomic E-state index is 5.09. The molecule has 100 valence electrons. The molecule has 0 aliphatic carbocycles. The Kier molecular flexibility index (Phi) is 3.16. The second-order valence-corrected chi connectivity index (χ2v) is 4.34. The van der Waals surface area contributed by atoms with Crippen molar-refractivity contribution in [3.63, 3.8) is 0 Å². The number of aryl methyl sites for hydroxylation is 1. The van der Waals surface area contributed by atoms with Gasteiger partial charge < -0.3 is 10.1 Å². The van der Waals surface area contributed by atoms with Gasteiger partial charge in [0.2, 0.25) is 0 Å². The largest absolute Gasteiger partial charge is 0.495 e. The van der Waals surface area contributed by atoms with Crippen LogP contribution < -0.4 is 10.1 Å². The van der Waals surface area contributed by atoms with Crippen molar-refractivity contribution in [2.75, 3.05) is 12.4 Å². The number of fused-ring (bicyclic) bond motifs is 1. The first-order chi connectivity index (χ1) is 9.76. The van der Waals surface area contributed by atoms with Crippen LogP contribution >= 0.6 is 0 Å². The van der Waals surface area contributed by atoms with Gasteiger partial charge in [0.25, 0.3) is 0 Å². The van der Waals surface area contributed by atoms with Crippen molar-refractivity contribution >= 4 is 22.5 Å². The zero-order chi connectivity index (χ0) is 13.9. The summed E-state index contributed by atoms with van der Waals surface area (Å²) in [5, 5.41) is 4.19. The van der Waals surface area contributed by atoms with E-state index in [0.717, 1.165) is 28.3 Å². The molecule has 0 saturated carbocycles. The van der Waals surface area contributed by atoms with Gasteiger partial charge >= 0.3 is 0 Å². The fourth-order valence-electron chi connectivity index (χ4n) is 1.98. The van der Waals surface area contributed by atoms with Crippen LogP contribution in [0.1, 0.15) is 5.82 Å². The lowest BCUT2D eigenvalue weighted by Gasteiger charge is -2.09. The molecule has 2 heterocycles. The molecule has 3 aromatic rings. The van der Waals surface area contributed by atoms with Crippen LogP contribution in [0.5, 0.6) is 5.75 Å². The van der Waals surface area contributed by atoms with E-state index in [1.165, 1.54) is 0 Å². The maximum absolute atomic E-state index is 5.09. The first kappa shape index (κ1) is 12.3. The van der Waals surface area contributed by atoms with E-state index in [9.17, 15) is 0 Å². The van der Waals surface area contributed by atoms with E-state index in [2.05, 4.69) is 20.3 Å². The van der Waals surface area contributed by atoms with Crippen molar-refractivity contribution in [3.05, 3.63) is 48.4 Å². The van der Waals surface area contributed by atoms with Crippen molar-refractivity contribution in [3.8, 4) is 5.75 Å². The Morgan fingerprint density at radius 1 is 1.05 bits per heavy atom. The summed E-state index contributed by atoms with van der Waals surface area (Å²) in [6.07, 6.45) is 1.67. The van der Waals surface area contributed by atoms with Crippen molar-refractivity contribution in [1.82, 2.24) is 15.0 Å². The average molecular weight is 266 g/mol. The minimum Gasteiger partial charge on any atom is -0.495 e. The third-order valence-corrected chi connectivity index (χ3v) is 2.93. The van der Waals surface area contributed by atoms with E-state index in [4.69, 9.17) is 4.74 Å². The first-order valence-electron chi connectivity index (χ1n) is 6.27. The molecule has 20 heavy (non-hydrogen) atoms. The smallest absolute Gasteiger partial charge is 0.143 e. The quantitative estimate of drug-likeness (QED) is 0.789. The number of aromatic nitrogens is 3. The number of hydrogen-bond acceptors (Lipinski definition) is 5. The third kappa shape index (κ3) is 2.38. The van der Waals surface area contributed by atoms with Gasteiger partial charge in [-0.15, -0.1) is 0 Å². The predicted molar refractivity (Wildman–Crippen MR) is 78.3 cm³/mol. The molecular weight excluding hydrogens is 252 g/mol. The van der Waals surface area contributed by atoms with Crippen LogP contribution in [0.4, 0.5) is 11.6 Å². The summed E-state index contributed by atoms with van der Waals surface area (Å²) in [4.78, 5) is 13.1. The highest BCUT2D eigenvalue weighted by atomic mass is 16.5. The van der Waals surface area contributed by atoms with Gasteiger partial charge in [-0.2, -0.15) is 0 Å². The van der Waals surface area contributed by atoms with E-state index in [1.54, 1.807) is 13.3 Å². The van der Waals surface area contributed by atoms with Crippen LogP contribution in [0, 0.1) is 6.92 Å². The number of para-hydroxylation sites is 1. The first-order valence-corrected chi connectivity index (χ1v) is 6.27. The number of nitrogens with zero attached hydrogens (tertiary/aromatic N) is 3. The number of nitrogens with one attached hydrogen (secondary N) is 1. The molecule has 5 heteroatoms. The monoisotopic (exact) mass is 266 g/mol. The zero-order valence-corrected chi connectivity index (χ0v) is 11.3. The lowest BCUT2D eigenvalue weighted by molar-refractivity contribution is 0.413. The number of rotatable bonds is 3. The summed E-state index contributed by atoms with van der Waals surface area (Å²) in [6, 6.07) is 11.6. The van der Waals surface area contributed by atoms with Crippen molar-refractivity contribution in [1.29, 1.82) is 0 Å². The van der Waals surface area contributed by atoms with Crippen molar-refractivity contribution in [2.45, 2.75) is 6.92 Å². The van der Waals surface area contributed by atoms with E-state index in [1.807, 2.05) is 43.3 Å². The minimum atomic E-state index is 0.717. The molecule has 0 radical (unpaired) electrons. The molecule has 0 bridgehead atoms. The normalized spacial score (nSPS) is 10.5. The fraction of sp³-hybridized carbons (Fsp3) is 0.133. The molecule has 0 unspecified atom stereocenters. The van der Waals surface area contributed by atoms with Crippen LogP contribution in [0.2, 0.25) is 0 Å². The third-order valence-electron chi connectivity index (χ3n) is 2.93. The molecule has 0 aliphatic rings. The Balaban J connectivity index is 2.01. The van der Waals surface area contributed by atoms with Crippen LogP contribution in [-0.2, 0) is 0 Å². The van der Waals surface area contributed by atoms with Crippen molar-refractivity contribution < 1.29 is 4.74 Å². The van der Waals surface area contributed by atoms with E-state index < -0.39 is 0 Å². The Morgan fingerprint density at radius 3 is 2.65 bits per heavy atom. The van der Waals surface area contributed by atoms with E-state index in [-0.39, 0.29) is 0 Å². The molecule has 0 amide bonds. The number of anilines is 2.